The van der Waals surface area contributed by atoms with Gasteiger partial charge in [-0.2, -0.15) is 18.2 Å². The number of para-hydroxylation sites is 1. The molecule has 4 aromatic rings. The van der Waals surface area contributed by atoms with Crippen molar-refractivity contribution in [1.82, 2.24) is 19.9 Å². The minimum atomic E-state index is -4.86. The van der Waals surface area contributed by atoms with Gasteiger partial charge in [0.1, 0.15) is 17.3 Å². The number of amides is 1. The van der Waals surface area contributed by atoms with Gasteiger partial charge in [-0.1, -0.05) is 12.1 Å². The molecule has 1 saturated heterocycles. The van der Waals surface area contributed by atoms with Crippen molar-refractivity contribution < 1.29 is 46.1 Å². The number of hydrogen-bond donors (Lipinski definition) is 1. The molecule has 2 aromatic heterocycles. The Kier molecular flexibility index (Phi) is 6.76. The van der Waals surface area contributed by atoms with Crippen LogP contribution in [0.2, 0.25) is 0 Å². The zero-order valence-corrected chi connectivity index (χ0v) is 19.8. The number of alkyl halides is 3. The molecule has 0 radical (unpaired) electrons. The summed E-state index contributed by atoms with van der Waals surface area (Å²) in [7, 11) is 0. The van der Waals surface area contributed by atoms with Gasteiger partial charge in [-0.05, 0) is 43.2 Å². The molecule has 3 heterocycles. The zero-order valence-electron chi connectivity index (χ0n) is 19.8. The maximum Gasteiger partial charge on any atom is 0.419 e. The van der Waals surface area contributed by atoms with Crippen LogP contribution in [0.4, 0.5) is 17.6 Å². The number of benzene rings is 2. The summed E-state index contributed by atoms with van der Waals surface area (Å²) in [6, 6.07) is 7.27. The van der Waals surface area contributed by atoms with E-state index >= 15 is 0 Å². The Bertz CT molecular complexity index is 1560. The number of hydrogen-bond acceptors (Lipinski definition) is 8. The molecule has 1 N–H and O–H groups in total. The number of carbonyl (C=O) groups is 2. The molecule has 39 heavy (non-hydrogen) atoms. The smallest absolute Gasteiger partial charge is 0.419 e. The minimum absolute atomic E-state index is 0.0685. The molecule has 1 aliphatic heterocycles. The van der Waals surface area contributed by atoms with Crippen molar-refractivity contribution in [3.8, 4) is 29.0 Å². The predicted molar refractivity (Wildman–Crippen MR) is 124 cm³/mol. The highest BCUT2D eigenvalue weighted by Crippen LogP contribution is 2.39. The number of fused-ring (bicyclic) bond motifs is 1. The van der Waals surface area contributed by atoms with Gasteiger partial charge in [0.25, 0.3) is 11.6 Å². The molecule has 0 aliphatic carbocycles. The highest BCUT2D eigenvalue weighted by molar-refractivity contribution is 5.85. The summed E-state index contributed by atoms with van der Waals surface area (Å²) >= 11 is 0. The van der Waals surface area contributed by atoms with Gasteiger partial charge in [0.05, 0.1) is 11.8 Å². The lowest BCUT2D eigenvalue weighted by Gasteiger charge is -2.22. The third kappa shape index (κ3) is 5.44. The van der Waals surface area contributed by atoms with Crippen LogP contribution in [0, 0.1) is 5.82 Å². The number of rotatable bonds is 7. The van der Waals surface area contributed by atoms with Crippen LogP contribution < -0.4 is 9.47 Å². The lowest BCUT2D eigenvalue weighted by atomic mass is 10.1. The van der Waals surface area contributed by atoms with Gasteiger partial charge >= 0.3 is 18.2 Å². The molecule has 0 saturated carbocycles. The van der Waals surface area contributed by atoms with Crippen LogP contribution in [0.25, 0.3) is 22.7 Å². The average molecular weight is 546 g/mol. The first-order chi connectivity index (χ1) is 18.6. The van der Waals surface area contributed by atoms with Gasteiger partial charge in [-0.15, -0.1) is 0 Å². The van der Waals surface area contributed by atoms with Crippen molar-refractivity contribution in [2.75, 3.05) is 13.2 Å². The molecule has 10 nitrogen and oxygen atoms in total. The molecule has 0 unspecified atom stereocenters. The van der Waals surface area contributed by atoms with Crippen LogP contribution in [-0.4, -0.2) is 56.0 Å². The third-order valence-corrected chi connectivity index (χ3v) is 5.91. The second-order valence-electron chi connectivity index (χ2n) is 8.48. The highest BCUT2D eigenvalue weighted by atomic mass is 19.4. The van der Waals surface area contributed by atoms with E-state index in [2.05, 4.69) is 15.0 Å². The first kappa shape index (κ1) is 25.9. The molecule has 1 fully saturated rings. The van der Waals surface area contributed by atoms with Crippen LogP contribution in [0.15, 0.2) is 53.1 Å². The van der Waals surface area contributed by atoms with Crippen LogP contribution in [-0.2, 0) is 15.8 Å². The van der Waals surface area contributed by atoms with Crippen molar-refractivity contribution in [1.29, 1.82) is 0 Å². The average Bonchev–Trinajstić information content (AvgIpc) is 3.55. The van der Waals surface area contributed by atoms with Crippen molar-refractivity contribution >= 4 is 23.1 Å². The summed E-state index contributed by atoms with van der Waals surface area (Å²) in [6.07, 6.45) is -2.92. The number of aliphatic carboxylic acids is 1. The van der Waals surface area contributed by atoms with Crippen molar-refractivity contribution in [3.63, 3.8) is 0 Å². The first-order valence-corrected chi connectivity index (χ1v) is 11.5. The summed E-state index contributed by atoms with van der Waals surface area (Å²) in [6.45, 7) is -0.590. The number of aromatic nitrogens is 3. The van der Waals surface area contributed by atoms with E-state index in [4.69, 9.17) is 13.9 Å². The van der Waals surface area contributed by atoms with E-state index in [0.717, 1.165) is 17.0 Å². The zero-order chi connectivity index (χ0) is 27.7. The molecule has 5 rings (SSSR count). The van der Waals surface area contributed by atoms with Crippen LogP contribution >= 0.6 is 0 Å². The molecular formula is C25H18F4N4O6. The van der Waals surface area contributed by atoms with Crippen LogP contribution in [0.1, 0.15) is 18.4 Å². The molecule has 0 spiro atoms. The molecule has 202 valence electrons. The Morgan fingerprint density at radius 2 is 1.92 bits per heavy atom. The predicted octanol–water partition coefficient (Wildman–Crippen LogP) is 4.69. The van der Waals surface area contributed by atoms with Gasteiger partial charge in [0.2, 0.25) is 5.89 Å². The van der Waals surface area contributed by atoms with E-state index in [1.807, 2.05) is 0 Å². The summed E-state index contributed by atoms with van der Waals surface area (Å²) in [5.41, 5.74) is -1.25. The van der Waals surface area contributed by atoms with E-state index in [-0.39, 0.29) is 47.4 Å². The quantitative estimate of drug-likeness (QED) is 0.328. The van der Waals surface area contributed by atoms with E-state index in [1.165, 1.54) is 30.5 Å². The summed E-state index contributed by atoms with van der Waals surface area (Å²) in [5.74, 6) is -3.54. The third-order valence-electron chi connectivity index (χ3n) is 5.91. The lowest BCUT2D eigenvalue weighted by molar-refractivity contribution is -0.149. The second-order valence-corrected chi connectivity index (χ2v) is 8.48. The van der Waals surface area contributed by atoms with Crippen LogP contribution in [0.5, 0.6) is 17.5 Å². The summed E-state index contributed by atoms with van der Waals surface area (Å²) < 4.78 is 71.4. The van der Waals surface area contributed by atoms with Gasteiger partial charge in [-0.25, -0.2) is 19.2 Å². The molecule has 2 aromatic carbocycles. The number of ether oxygens (including phenoxy) is 2. The fourth-order valence-corrected chi connectivity index (χ4v) is 4.07. The number of likely N-dealkylation sites (tertiary alicyclic amines) is 1. The van der Waals surface area contributed by atoms with Gasteiger partial charge in [-0.3, -0.25) is 4.79 Å². The van der Waals surface area contributed by atoms with Crippen molar-refractivity contribution in [3.05, 3.63) is 60.0 Å². The van der Waals surface area contributed by atoms with Gasteiger partial charge in [0.15, 0.2) is 18.2 Å². The van der Waals surface area contributed by atoms with Crippen molar-refractivity contribution in [2.45, 2.75) is 25.1 Å². The standard InChI is InChI=1S/C25H18F4N4O6/c26-15-4-1-2-6-19(15)38-24-30-11-16-22(32-24)39-21(31-16)13-7-8-18(14(10-13)25(27,28)29)37-12-20(34)33-9-3-5-17(33)23(35)36/h1-2,4,6-8,10-11,17H,3,5,9,12H2,(H,35,36)/t17-/m0/s1. The Morgan fingerprint density at radius 1 is 1.13 bits per heavy atom. The van der Waals surface area contributed by atoms with E-state index < -0.39 is 47.8 Å². The Labute approximate surface area is 216 Å². The molecule has 1 aliphatic rings. The second kappa shape index (κ2) is 10.2. The normalized spacial score (nSPS) is 15.5. The van der Waals surface area contributed by atoms with Gasteiger partial charge < -0.3 is 23.9 Å². The lowest BCUT2D eigenvalue weighted by Crippen LogP contribution is -2.42. The first-order valence-electron chi connectivity index (χ1n) is 11.5. The fraction of sp³-hybridized carbons (Fsp3) is 0.240. The van der Waals surface area contributed by atoms with E-state index in [9.17, 15) is 32.3 Å². The maximum absolute atomic E-state index is 13.9. The van der Waals surface area contributed by atoms with Gasteiger partial charge in [0, 0.05) is 12.1 Å². The SMILES string of the molecule is O=C(O)[C@@H]1CCCN1C(=O)COc1ccc(-c2nc3cnc(Oc4ccccc4F)nc3o2)cc1C(F)(F)F. The topological polar surface area (TPSA) is 128 Å². The number of nitrogens with zero attached hydrogens (tertiary/aromatic N) is 4. The number of carboxylic acid groups (broad SMARTS) is 1. The molecule has 1 atom stereocenters. The fourth-order valence-electron chi connectivity index (χ4n) is 4.07. The summed E-state index contributed by atoms with van der Waals surface area (Å²) in [5, 5.41) is 9.22. The summed E-state index contributed by atoms with van der Waals surface area (Å²) in [4.78, 5) is 36.8. The monoisotopic (exact) mass is 546 g/mol. The minimum Gasteiger partial charge on any atom is -0.483 e. The molecular weight excluding hydrogens is 528 g/mol. The van der Waals surface area contributed by atoms with E-state index in [0.29, 0.717) is 6.42 Å². The van der Waals surface area contributed by atoms with Crippen LogP contribution in [0.3, 0.4) is 0 Å². The number of carbonyl (C=O) groups excluding carboxylic acids is 1. The van der Waals surface area contributed by atoms with Crippen molar-refractivity contribution in [2.24, 2.45) is 0 Å². The number of carboxylic acids is 1. The Morgan fingerprint density at radius 3 is 2.67 bits per heavy atom. The Balaban J connectivity index is 1.37. The maximum atomic E-state index is 13.9. The highest BCUT2D eigenvalue weighted by Gasteiger charge is 2.37. The van der Waals surface area contributed by atoms with E-state index in [1.54, 1.807) is 6.07 Å². The number of oxazole rings is 1. The largest absolute Gasteiger partial charge is 0.483 e. The number of halogens is 4. The Hall–Kier alpha value is -4.75. The molecule has 14 heteroatoms. The molecule has 1 amide bonds. The molecule has 0 bridgehead atoms.